The third kappa shape index (κ3) is 6.46. The maximum Gasteiger partial charge on any atom is 0.335 e. The van der Waals surface area contributed by atoms with Crippen LogP contribution in [0.1, 0.15) is 39.9 Å². The summed E-state index contributed by atoms with van der Waals surface area (Å²) in [5.74, 6) is -0.834. The molecule has 1 aliphatic rings. The Morgan fingerprint density at radius 2 is 1.74 bits per heavy atom. The molecular weight excluding hydrogens is 438 g/mol. The molecule has 4 rings (SSSR count). The summed E-state index contributed by atoms with van der Waals surface area (Å²) in [6, 6.07) is 23.3. The SMILES string of the molecule is Cc1cccc(-c2cccc(C[C@H](O)/C=C/C3CCC(=O)N3CCc3ccc(C(=O)O)cc3)c2)c1. The summed E-state index contributed by atoms with van der Waals surface area (Å²) in [6.45, 7) is 2.64. The molecule has 0 aliphatic carbocycles. The zero-order valence-electron chi connectivity index (χ0n) is 19.9. The van der Waals surface area contributed by atoms with Gasteiger partial charge in [-0.2, -0.15) is 0 Å². The van der Waals surface area contributed by atoms with Crippen molar-refractivity contribution in [1.29, 1.82) is 0 Å². The fourth-order valence-electron chi connectivity index (χ4n) is 4.58. The number of carboxylic acid groups (broad SMARTS) is 1. The first-order chi connectivity index (χ1) is 16.9. The lowest BCUT2D eigenvalue weighted by Gasteiger charge is -2.23. The van der Waals surface area contributed by atoms with Crippen LogP contribution in [0.5, 0.6) is 0 Å². The van der Waals surface area contributed by atoms with Crippen molar-refractivity contribution >= 4 is 11.9 Å². The normalized spacial score (nSPS) is 16.7. The van der Waals surface area contributed by atoms with Crippen LogP contribution < -0.4 is 0 Å². The third-order valence-electron chi connectivity index (χ3n) is 6.50. The van der Waals surface area contributed by atoms with Gasteiger partial charge in [0.1, 0.15) is 0 Å². The number of aromatic carboxylic acids is 1. The third-order valence-corrected chi connectivity index (χ3v) is 6.50. The van der Waals surface area contributed by atoms with Crippen LogP contribution >= 0.6 is 0 Å². The number of carbonyl (C=O) groups is 2. The maximum absolute atomic E-state index is 12.4. The first-order valence-corrected chi connectivity index (χ1v) is 12.0. The second kappa shape index (κ2) is 11.2. The van der Waals surface area contributed by atoms with Gasteiger partial charge in [0.15, 0.2) is 0 Å². The second-order valence-corrected chi connectivity index (χ2v) is 9.17. The Bertz CT molecular complexity index is 1220. The topological polar surface area (TPSA) is 77.8 Å². The fourth-order valence-corrected chi connectivity index (χ4v) is 4.58. The largest absolute Gasteiger partial charge is 0.478 e. The molecule has 3 aromatic rings. The van der Waals surface area contributed by atoms with Gasteiger partial charge in [-0.05, 0) is 54.2 Å². The number of nitrogens with zero attached hydrogens (tertiary/aromatic N) is 1. The van der Waals surface area contributed by atoms with Crippen LogP contribution in [0.25, 0.3) is 11.1 Å². The van der Waals surface area contributed by atoms with Gasteiger partial charge < -0.3 is 15.1 Å². The van der Waals surface area contributed by atoms with Crippen LogP contribution in [0, 0.1) is 6.92 Å². The molecule has 2 atom stereocenters. The van der Waals surface area contributed by atoms with E-state index >= 15 is 0 Å². The van der Waals surface area contributed by atoms with Crippen molar-refractivity contribution in [2.45, 2.75) is 44.8 Å². The Labute approximate surface area is 206 Å². The highest BCUT2D eigenvalue weighted by atomic mass is 16.4. The Kier molecular flexibility index (Phi) is 7.78. The molecule has 1 amide bonds. The number of amides is 1. The quantitative estimate of drug-likeness (QED) is 0.430. The molecule has 0 aromatic heterocycles. The molecule has 1 heterocycles. The highest BCUT2D eigenvalue weighted by Crippen LogP contribution is 2.23. The van der Waals surface area contributed by atoms with E-state index in [2.05, 4.69) is 43.3 Å². The summed E-state index contributed by atoms with van der Waals surface area (Å²) in [6.07, 6.45) is 5.52. The smallest absolute Gasteiger partial charge is 0.335 e. The van der Waals surface area contributed by atoms with Crippen molar-refractivity contribution < 1.29 is 19.8 Å². The summed E-state index contributed by atoms with van der Waals surface area (Å²) in [4.78, 5) is 25.3. The van der Waals surface area contributed by atoms with Crippen LogP contribution in [0.4, 0.5) is 0 Å². The van der Waals surface area contributed by atoms with Crippen molar-refractivity contribution in [1.82, 2.24) is 4.90 Å². The molecule has 1 aliphatic heterocycles. The minimum Gasteiger partial charge on any atom is -0.478 e. The van der Waals surface area contributed by atoms with Crippen molar-refractivity contribution in [2.75, 3.05) is 6.54 Å². The van der Waals surface area contributed by atoms with Crippen LogP contribution in [0.3, 0.4) is 0 Å². The van der Waals surface area contributed by atoms with Gasteiger partial charge in [0, 0.05) is 19.4 Å². The molecule has 0 spiro atoms. The number of hydrogen-bond donors (Lipinski definition) is 2. The first-order valence-electron chi connectivity index (χ1n) is 12.0. The molecule has 5 nitrogen and oxygen atoms in total. The molecule has 0 radical (unpaired) electrons. The molecule has 3 aromatic carbocycles. The number of rotatable bonds is 9. The summed E-state index contributed by atoms with van der Waals surface area (Å²) >= 11 is 0. The van der Waals surface area contributed by atoms with E-state index in [1.165, 1.54) is 5.56 Å². The molecule has 1 saturated heterocycles. The van der Waals surface area contributed by atoms with E-state index in [0.29, 0.717) is 25.8 Å². The van der Waals surface area contributed by atoms with E-state index in [1.807, 2.05) is 23.1 Å². The van der Waals surface area contributed by atoms with Gasteiger partial charge in [-0.25, -0.2) is 4.79 Å². The van der Waals surface area contributed by atoms with Gasteiger partial charge in [-0.15, -0.1) is 0 Å². The summed E-state index contributed by atoms with van der Waals surface area (Å²) < 4.78 is 0. The van der Waals surface area contributed by atoms with Crippen LogP contribution in [0.15, 0.2) is 84.9 Å². The molecular formula is C30H31NO4. The number of aliphatic hydroxyl groups excluding tert-OH is 1. The summed E-state index contributed by atoms with van der Waals surface area (Å²) in [5, 5.41) is 19.7. The highest BCUT2D eigenvalue weighted by Gasteiger charge is 2.28. The molecule has 1 fully saturated rings. The fraction of sp³-hybridized carbons (Fsp3) is 0.267. The van der Waals surface area contributed by atoms with E-state index in [0.717, 1.165) is 28.7 Å². The van der Waals surface area contributed by atoms with Crippen LogP contribution in [0.2, 0.25) is 0 Å². The van der Waals surface area contributed by atoms with Crippen molar-refractivity contribution in [3.8, 4) is 11.1 Å². The lowest BCUT2D eigenvalue weighted by molar-refractivity contribution is -0.128. The van der Waals surface area contributed by atoms with Crippen LogP contribution in [-0.2, 0) is 17.6 Å². The number of aryl methyl sites for hydroxylation is 1. The van der Waals surface area contributed by atoms with Crippen molar-refractivity contribution in [2.24, 2.45) is 0 Å². The Balaban J connectivity index is 1.35. The Morgan fingerprint density at radius 3 is 2.46 bits per heavy atom. The number of benzene rings is 3. The molecule has 35 heavy (non-hydrogen) atoms. The minimum absolute atomic E-state index is 0.0333. The minimum atomic E-state index is -0.947. The van der Waals surface area contributed by atoms with E-state index in [-0.39, 0.29) is 17.5 Å². The van der Waals surface area contributed by atoms with E-state index in [4.69, 9.17) is 5.11 Å². The molecule has 180 valence electrons. The average Bonchev–Trinajstić information content (AvgIpc) is 3.21. The van der Waals surface area contributed by atoms with E-state index in [9.17, 15) is 14.7 Å². The first kappa shape index (κ1) is 24.4. The van der Waals surface area contributed by atoms with Crippen molar-refractivity contribution in [3.63, 3.8) is 0 Å². The van der Waals surface area contributed by atoms with Gasteiger partial charge >= 0.3 is 5.97 Å². The van der Waals surface area contributed by atoms with E-state index < -0.39 is 12.1 Å². The lowest BCUT2D eigenvalue weighted by atomic mass is 9.99. The molecule has 0 saturated carbocycles. The second-order valence-electron chi connectivity index (χ2n) is 9.17. The standard InChI is InChI=1S/C30H31NO4/c1-21-4-2-6-25(18-21)26-7-3-5-23(19-26)20-28(32)14-12-27-13-15-29(33)31(27)17-16-22-8-10-24(11-9-22)30(34)35/h2-12,14,18-19,27-28,32H,13,15-17,20H2,1H3,(H,34,35)/b14-12+/t27?,28-/m1/s1. The molecule has 0 bridgehead atoms. The number of likely N-dealkylation sites (tertiary alicyclic amines) is 1. The Morgan fingerprint density at radius 1 is 1.03 bits per heavy atom. The predicted octanol–water partition coefficient (Wildman–Crippen LogP) is 5.05. The predicted molar refractivity (Wildman–Crippen MR) is 137 cm³/mol. The molecule has 2 N–H and O–H groups in total. The van der Waals surface area contributed by atoms with Gasteiger partial charge in [0.2, 0.25) is 5.91 Å². The van der Waals surface area contributed by atoms with Gasteiger partial charge in [0.25, 0.3) is 0 Å². The number of hydrogen-bond acceptors (Lipinski definition) is 3. The van der Waals surface area contributed by atoms with E-state index in [1.54, 1.807) is 30.3 Å². The van der Waals surface area contributed by atoms with Crippen molar-refractivity contribution in [3.05, 3.63) is 107 Å². The molecule has 1 unspecified atom stereocenters. The lowest BCUT2D eigenvalue weighted by Crippen LogP contribution is -2.33. The van der Waals surface area contributed by atoms with Crippen LogP contribution in [-0.4, -0.2) is 45.7 Å². The summed E-state index contributed by atoms with van der Waals surface area (Å²) in [7, 11) is 0. The number of carbonyl (C=O) groups excluding carboxylic acids is 1. The van der Waals surface area contributed by atoms with Gasteiger partial charge in [0.05, 0.1) is 17.7 Å². The monoisotopic (exact) mass is 469 g/mol. The molecule has 5 heteroatoms. The average molecular weight is 470 g/mol. The zero-order chi connectivity index (χ0) is 24.8. The summed E-state index contributed by atoms with van der Waals surface area (Å²) in [5.41, 5.74) is 5.81. The number of aliphatic hydroxyl groups is 1. The number of carboxylic acids is 1. The maximum atomic E-state index is 12.4. The van der Waals surface area contributed by atoms with Gasteiger partial charge in [-0.3, -0.25) is 4.79 Å². The van der Waals surface area contributed by atoms with Gasteiger partial charge in [-0.1, -0.05) is 78.4 Å². The zero-order valence-corrected chi connectivity index (χ0v) is 19.9. The highest BCUT2D eigenvalue weighted by molar-refractivity contribution is 5.87. The Hall–Kier alpha value is -3.70.